The highest BCUT2D eigenvalue weighted by Crippen LogP contribution is 2.20. The van der Waals surface area contributed by atoms with Crippen LogP contribution in [0.25, 0.3) is 0 Å². The summed E-state index contributed by atoms with van der Waals surface area (Å²) in [6.45, 7) is 0. The van der Waals surface area contributed by atoms with Crippen molar-refractivity contribution >= 4 is 23.8 Å². The molecule has 0 aliphatic carbocycles. The second-order valence-corrected chi connectivity index (χ2v) is 3.21. The summed E-state index contributed by atoms with van der Waals surface area (Å²) in [5.74, 6) is 0.483. The van der Waals surface area contributed by atoms with Crippen LogP contribution in [0.15, 0.2) is 29.5 Å². The Morgan fingerprint density at radius 2 is 2.33 bits per heavy atom. The minimum atomic E-state index is 0.114. The fourth-order valence-corrected chi connectivity index (χ4v) is 1.20. The molecule has 0 saturated carbocycles. The summed E-state index contributed by atoms with van der Waals surface area (Å²) in [5.41, 5.74) is 0.527. The number of aromatic amines is 1. The Hall–Kier alpha value is -1.88. The molecule has 5 nitrogen and oxygen atoms in total. The summed E-state index contributed by atoms with van der Waals surface area (Å²) >= 11 is 5.77. The zero-order valence-corrected chi connectivity index (χ0v) is 8.31. The number of aromatic hydroxyl groups is 1. The van der Waals surface area contributed by atoms with Crippen LogP contribution in [0.2, 0.25) is 5.02 Å². The fraction of sp³-hybridized carbons (Fsp3) is 0. The minimum absolute atomic E-state index is 0.114. The van der Waals surface area contributed by atoms with Crippen molar-refractivity contribution in [1.82, 2.24) is 15.2 Å². The largest absolute Gasteiger partial charge is 0.507 e. The standard InChI is InChI=1S/C9H7ClN4O/c10-7-1-2-8(15)6(3-7)4-11-9-12-5-13-14-9/h1-5,15H,(H,12,13,14). The van der Waals surface area contributed by atoms with Crippen molar-refractivity contribution in [2.75, 3.05) is 0 Å². The molecule has 0 atom stereocenters. The highest BCUT2D eigenvalue weighted by molar-refractivity contribution is 6.30. The van der Waals surface area contributed by atoms with Crippen molar-refractivity contribution in [3.05, 3.63) is 35.1 Å². The highest BCUT2D eigenvalue weighted by atomic mass is 35.5. The first-order valence-corrected chi connectivity index (χ1v) is 4.51. The molecule has 0 amide bonds. The average molecular weight is 223 g/mol. The average Bonchev–Trinajstić information content (AvgIpc) is 2.72. The molecule has 2 N–H and O–H groups in total. The van der Waals surface area contributed by atoms with Crippen LogP contribution in [0, 0.1) is 0 Å². The van der Waals surface area contributed by atoms with Crippen LogP contribution >= 0.6 is 11.6 Å². The van der Waals surface area contributed by atoms with Gasteiger partial charge in [0.2, 0.25) is 5.95 Å². The Morgan fingerprint density at radius 3 is 3.07 bits per heavy atom. The second-order valence-electron chi connectivity index (χ2n) is 2.77. The van der Waals surface area contributed by atoms with Gasteiger partial charge in [-0.3, -0.25) is 0 Å². The number of benzene rings is 1. The van der Waals surface area contributed by atoms with E-state index < -0.39 is 0 Å². The predicted octanol–water partition coefficient (Wildman–Crippen LogP) is 1.91. The topological polar surface area (TPSA) is 74.2 Å². The van der Waals surface area contributed by atoms with Crippen molar-refractivity contribution in [2.24, 2.45) is 4.99 Å². The molecular formula is C9H7ClN4O. The smallest absolute Gasteiger partial charge is 0.245 e. The van der Waals surface area contributed by atoms with Gasteiger partial charge in [0, 0.05) is 16.8 Å². The maximum atomic E-state index is 9.47. The van der Waals surface area contributed by atoms with Crippen LogP contribution in [-0.2, 0) is 0 Å². The number of hydrogen-bond donors (Lipinski definition) is 2. The van der Waals surface area contributed by atoms with Gasteiger partial charge in [0.25, 0.3) is 0 Å². The van der Waals surface area contributed by atoms with Crippen LogP contribution in [0.4, 0.5) is 5.95 Å². The fourth-order valence-electron chi connectivity index (χ4n) is 1.02. The van der Waals surface area contributed by atoms with Crippen LogP contribution in [0.3, 0.4) is 0 Å². The van der Waals surface area contributed by atoms with Gasteiger partial charge in [0.15, 0.2) is 0 Å². The number of aromatic nitrogens is 3. The van der Waals surface area contributed by atoms with E-state index in [4.69, 9.17) is 11.6 Å². The summed E-state index contributed by atoms with van der Waals surface area (Å²) in [6, 6.07) is 4.71. The van der Waals surface area contributed by atoms with Crippen molar-refractivity contribution in [3.63, 3.8) is 0 Å². The van der Waals surface area contributed by atoms with Gasteiger partial charge in [-0.25, -0.2) is 10.1 Å². The van der Waals surface area contributed by atoms with Crippen molar-refractivity contribution < 1.29 is 5.11 Å². The summed E-state index contributed by atoms with van der Waals surface area (Å²) in [5, 5.41) is 16.2. The number of nitrogens with one attached hydrogen (secondary N) is 1. The van der Waals surface area contributed by atoms with Crippen LogP contribution in [-0.4, -0.2) is 26.5 Å². The van der Waals surface area contributed by atoms with Gasteiger partial charge in [0.05, 0.1) is 0 Å². The van der Waals surface area contributed by atoms with E-state index in [0.717, 1.165) is 0 Å². The van der Waals surface area contributed by atoms with E-state index in [1.54, 1.807) is 12.1 Å². The highest BCUT2D eigenvalue weighted by Gasteiger charge is 1.99. The molecule has 2 rings (SSSR count). The Labute approximate surface area is 90.5 Å². The van der Waals surface area contributed by atoms with Gasteiger partial charge in [-0.1, -0.05) is 11.6 Å². The molecule has 0 radical (unpaired) electrons. The molecule has 76 valence electrons. The third-order valence-corrected chi connectivity index (χ3v) is 1.95. The van der Waals surface area contributed by atoms with Gasteiger partial charge in [-0.2, -0.15) is 10.1 Å². The van der Waals surface area contributed by atoms with Crippen molar-refractivity contribution in [1.29, 1.82) is 0 Å². The van der Waals surface area contributed by atoms with Gasteiger partial charge < -0.3 is 5.11 Å². The molecule has 0 aliphatic heterocycles. The monoisotopic (exact) mass is 222 g/mol. The lowest BCUT2D eigenvalue weighted by atomic mass is 10.2. The molecule has 0 spiro atoms. The first kappa shape index (κ1) is 9.67. The Bertz CT molecular complexity index is 481. The van der Waals surface area contributed by atoms with Crippen molar-refractivity contribution in [3.8, 4) is 5.75 Å². The Kier molecular flexibility index (Phi) is 2.64. The number of halogens is 1. The van der Waals surface area contributed by atoms with Crippen molar-refractivity contribution in [2.45, 2.75) is 0 Å². The third-order valence-electron chi connectivity index (χ3n) is 1.72. The number of phenolic OH excluding ortho intramolecular Hbond substituents is 1. The van der Waals surface area contributed by atoms with E-state index in [0.29, 0.717) is 16.5 Å². The molecule has 1 heterocycles. The van der Waals surface area contributed by atoms with Crippen LogP contribution in [0.1, 0.15) is 5.56 Å². The molecule has 0 saturated heterocycles. The zero-order valence-electron chi connectivity index (χ0n) is 7.55. The summed E-state index contributed by atoms with van der Waals surface area (Å²) in [4.78, 5) is 7.77. The lowest BCUT2D eigenvalue weighted by molar-refractivity contribution is 0.474. The normalized spacial score (nSPS) is 11.0. The molecule has 0 bridgehead atoms. The summed E-state index contributed by atoms with van der Waals surface area (Å²) < 4.78 is 0. The second kappa shape index (κ2) is 4.10. The Balaban J connectivity index is 2.27. The zero-order chi connectivity index (χ0) is 10.7. The lowest BCUT2D eigenvalue weighted by Crippen LogP contribution is -1.82. The first-order chi connectivity index (χ1) is 7.25. The molecule has 15 heavy (non-hydrogen) atoms. The predicted molar refractivity (Wildman–Crippen MR) is 56.8 cm³/mol. The lowest BCUT2D eigenvalue weighted by Gasteiger charge is -1.97. The number of aliphatic imine (C=N–C) groups is 1. The van der Waals surface area contributed by atoms with E-state index in [2.05, 4.69) is 20.2 Å². The van der Waals surface area contributed by atoms with E-state index in [1.807, 2.05) is 0 Å². The molecule has 0 aliphatic rings. The molecule has 1 aromatic heterocycles. The number of nitrogens with zero attached hydrogens (tertiary/aromatic N) is 3. The number of phenols is 1. The SMILES string of the molecule is Oc1ccc(Cl)cc1C=Nc1ncn[nH]1. The van der Waals surface area contributed by atoms with E-state index in [1.165, 1.54) is 18.6 Å². The van der Waals surface area contributed by atoms with Crippen LogP contribution in [0.5, 0.6) is 5.75 Å². The first-order valence-electron chi connectivity index (χ1n) is 4.13. The maximum absolute atomic E-state index is 9.47. The number of hydrogen-bond acceptors (Lipinski definition) is 4. The number of H-pyrrole nitrogens is 1. The Morgan fingerprint density at radius 1 is 1.47 bits per heavy atom. The molecule has 1 aromatic carbocycles. The summed E-state index contributed by atoms with van der Waals surface area (Å²) in [7, 11) is 0. The van der Waals surface area contributed by atoms with Gasteiger partial charge in [-0.05, 0) is 18.2 Å². The van der Waals surface area contributed by atoms with Gasteiger partial charge in [-0.15, -0.1) is 0 Å². The van der Waals surface area contributed by atoms with E-state index in [-0.39, 0.29) is 5.75 Å². The molecular weight excluding hydrogens is 216 g/mol. The quantitative estimate of drug-likeness (QED) is 0.763. The van der Waals surface area contributed by atoms with E-state index in [9.17, 15) is 5.11 Å². The van der Waals surface area contributed by atoms with Crippen LogP contribution < -0.4 is 0 Å². The molecule has 0 fully saturated rings. The van der Waals surface area contributed by atoms with E-state index >= 15 is 0 Å². The molecule has 0 unspecified atom stereocenters. The maximum Gasteiger partial charge on any atom is 0.245 e. The minimum Gasteiger partial charge on any atom is -0.507 e. The van der Waals surface area contributed by atoms with Gasteiger partial charge in [0.1, 0.15) is 12.1 Å². The molecule has 2 aromatic rings. The summed E-state index contributed by atoms with van der Waals surface area (Å²) in [6.07, 6.45) is 2.81. The number of rotatable bonds is 2. The third kappa shape index (κ3) is 2.32. The van der Waals surface area contributed by atoms with Gasteiger partial charge >= 0.3 is 0 Å². The molecule has 6 heteroatoms.